The van der Waals surface area contributed by atoms with Gasteiger partial charge in [0.15, 0.2) is 0 Å². The van der Waals surface area contributed by atoms with Crippen molar-refractivity contribution in [2.24, 2.45) is 0 Å². The van der Waals surface area contributed by atoms with Crippen molar-refractivity contribution < 1.29 is 24.5 Å². The molecule has 0 spiro atoms. The van der Waals surface area contributed by atoms with Gasteiger partial charge < -0.3 is 4.84 Å². The van der Waals surface area contributed by atoms with E-state index in [4.69, 9.17) is 4.84 Å². The van der Waals surface area contributed by atoms with Gasteiger partial charge in [0.2, 0.25) is 0 Å². The highest BCUT2D eigenvalue weighted by atomic mass is 16.6. The highest BCUT2D eigenvalue weighted by molar-refractivity contribution is 5.92. The minimum Gasteiger partial charge on any atom is -0.301 e. The van der Waals surface area contributed by atoms with Gasteiger partial charge in [0, 0.05) is 12.1 Å². The van der Waals surface area contributed by atoms with Crippen molar-refractivity contribution >= 4 is 22.7 Å². The number of benzene rings is 2. The minimum atomic E-state index is -1.13. The molecule has 0 amide bonds. The second-order valence-electron chi connectivity index (χ2n) is 5.87. The van der Waals surface area contributed by atoms with E-state index >= 15 is 0 Å². The highest BCUT2D eigenvalue weighted by Crippen LogP contribution is 2.53. The Labute approximate surface area is 160 Å². The predicted molar refractivity (Wildman–Crippen MR) is 95.1 cm³/mol. The van der Waals surface area contributed by atoms with Gasteiger partial charge in [-0.15, -0.1) is 0 Å². The molecule has 0 radical (unpaired) electrons. The number of nitrogens with zero attached hydrogens (tertiary/aromatic N) is 4. The van der Waals surface area contributed by atoms with Gasteiger partial charge in [0.25, 0.3) is 22.7 Å². The van der Waals surface area contributed by atoms with Crippen LogP contribution in [-0.2, 0) is 4.84 Å². The molecule has 14 nitrogen and oxygen atoms in total. The van der Waals surface area contributed by atoms with Crippen LogP contribution in [0.3, 0.4) is 0 Å². The molecule has 0 saturated heterocycles. The second-order valence-corrected chi connectivity index (χ2v) is 5.87. The largest absolute Gasteiger partial charge is 0.301 e. The molecule has 1 aliphatic carbocycles. The lowest BCUT2D eigenvalue weighted by Gasteiger charge is -2.14. The number of nitro groups is 4. The van der Waals surface area contributed by atoms with Crippen LogP contribution in [0.25, 0.3) is 11.1 Å². The molecule has 0 atom stereocenters. The van der Waals surface area contributed by atoms with Crippen molar-refractivity contribution in [2.75, 3.05) is 6.61 Å². The summed E-state index contributed by atoms with van der Waals surface area (Å²) >= 11 is 0. The topological polar surface area (TPSA) is 194 Å². The third-order valence-corrected chi connectivity index (χ3v) is 4.30. The van der Waals surface area contributed by atoms with E-state index in [2.05, 4.69) is 5.48 Å². The molecule has 0 aliphatic heterocycles. The van der Waals surface area contributed by atoms with Crippen molar-refractivity contribution in [3.63, 3.8) is 0 Å². The monoisotopic (exact) mass is 405 g/mol. The van der Waals surface area contributed by atoms with Gasteiger partial charge in [-0.2, -0.15) is 5.48 Å². The summed E-state index contributed by atoms with van der Waals surface area (Å²) in [7, 11) is 0. The average molecular weight is 405 g/mol. The molecule has 2 aromatic carbocycles. The molecule has 1 N–H and O–H groups in total. The molecule has 0 unspecified atom stereocenters. The van der Waals surface area contributed by atoms with E-state index in [0.29, 0.717) is 12.1 Å². The molecular weight excluding hydrogens is 394 g/mol. The Bertz CT molecular complexity index is 1000. The molecule has 0 bridgehead atoms. The van der Waals surface area contributed by atoms with Crippen molar-refractivity contribution in [1.82, 2.24) is 5.48 Å². The zero-order valence-corrected chi connectivity index (χ0v) is 14.6. The van der Waals surface area contributed by atoms with Crippen LogP contribution in [0.4, 0.5) is 22.7 Å². The maximum absolute atomic E-state index is 11.6. The standard InChI is InChI=1S/C15H11N5O9/c1-2-29-16-15-9-3-7(17(21)22)5-11(19(25)26)13(9)14-10(15)4-8(18(23)24)6-12(14)20(27)28/h3-6,15-16H,2H2,1H3. The summed E-state index contributed by atoms with van der Waals surface area (Å²) in [6.07, 6.45) is 0. The summed E-state index contributed by atoms with van der Waals surface area (Å²) in [4.78, 5) is 47.2. The number of rotatable bonds is 7. The summed E-state index contributed by atoms with van der Waals surface area (Å²) in [5.74, 6) is 0. The number of hydrogen-bond donors (Lipinski definition) is 1. The third kappa shape index (κ3) is 3.21. The number of non-ortho nitro benzene ring substituents is 2. The van der Waals surface area contributed by atoms with E-state index < -0.39 is 48.5 Å². The first kappa shape index (κ1) is 19.7. The molecular formula is C15H11N5O9. The molecule has 3 rings (SSSR count). The molecule has 0 saturated carbocycles. The van der Waals surface area contributed by atoms with Crippen molar-refractivity contribution in [3.05, 3.63) is 75.8 Å². The fourth-order valence-electron chi connectivity index (χ4n) is 3.23. The minimum absolute atomic E-state index is 0.0297. The fourth-order valence-corrected chi connectivity index (χ4v) is 3.23. The maximum atomic E-state index is 11.6. The van der Waals surface area contributed by atoms with Gasteiger partial charge >= 0.3 is 0 Å². The molecule has 1 aliphatic rings. The number of hydroxylamine groups is 1. The molecule has 2 aromatic rings. The molecule has 0 fully saturated rings. The molecule has 0 heterocycles. The normalized spacial score (nSPS) is 12.3. The Morgan fingerprint density at radius 1 is 0.793 bits per heavy atom. The zero-order valence-electron chi connectivity index (χ0n) is 14.6. The third-order valence-electron chi connectivity index (χ3n) is 4.30. The lowest BCUT2D eigenvalue weighted by Crippen LogP contribution is -2.21. The Kier molecular flexibility index (Phi) is 4.88. The second kappa shape index (κ2) is 7.17. The van der Waals surface area contributed by atoms with Crippen LogP contribution in [-0.4, -0.2) is 26.3 Å². The van der Waals surface area contributed by atoms with Crippen LogP contribution < -0.4 is 5.48 Å². The molecule has 0 aromatic heterocycles. The fraction of sp³-hybridized carbons (Fsp3) is 0.200. The highest BCUT2D eigenvalue weighted by Gasteiger charge is 2.42. The first-order valence-corrected chi connectivity index (χ1v) is 7.98. The van der Waals surface area contributed by atoms with Gasteiger partial charge in [-0.05, 0) is 18.1 Å². The average Bonchev–Trinajstić information content (AvgIpc) is 2.97. The van der Waals surface area contributed by atoms with E-state index in [-0.39, 0.29) is 28.9 Å². The van der Waals surface area contributed by atoms with E-state index in [0.717, 1.165) is 12.1 Å². The Morgan fingerprint density at radius 2 is 1.21 bits per heavy atom. The Balaban J connectivity index is 2.45. The van der Waals surface area contributed by atoms with E-state index in [1.54, 1.807) is 6.92 Å². The summed E-state index contributed by atoms with van der Waals surface area (Å²) in [5, 5.41) is 45.6. The van der Waals surface area contributed by atoms with Crippen LogP contribution >= 0.6 is 0 Å². The first-order valence-electron chi connectivity index (χ1n) is 7.98. The van der Waals surface area contributed by atoms with Crippen molar-refractivity contribution in [3.8, 4) is 11.1 Å². The maximum Gasteiger partial charge on any atom is 0.284 e. The smallest absolute Gasteiger partial charge is 0.284 e. The quantitative estimate of drug-likeness (QED) is 0.528. The number of hydrogen-bond acceptors (Lipinski definition) is 10. The number of fused-ring (bicyclic) bond motifs is 3. The summed E-state index contributed by atoms with van der Waals surface area (Å²) in [6.45, 7) is 1.73. The van der Waals surface area contributed by atoms with Crippen LogP contribution in [0.15, 0.2) is 24.3 Å². The van der Waals surface area contributed by atoms with Gasteiger partial charge in [0.1, 0.15) is 0 Å². The molecule has 14 heteroatoms. The lowest BCUT2D eigenvalue weighted by molar-refractivity contribution is -0.395. The van der Waals surface area contributed by atoms with Gasteiger partial charge in [-0.3, -0.25) is 40.5 Å². The van der Waals surface area contributed by atoms with Crippen LogP contribution in [0.2, 0.25) is 0 Å². The van der Waals surface area contributed by atoms with Crippen molar-refractivity contribution in [2.45, 2.75) is 13.0 Å². The first-order chi connectivity index (χ1) is 13.7. The van der Waals surface area contributed by atoms with Gasteiger partial charge in [0.05, 0.1) is 55.6 Å². The SMILES string of the molecule is CCONC1c2cc([N+](=O)[O-])cc([N+](=O)[O-])c2-c2c1cc([N+](=O)[O-])cc2[N+](=O)[O-]. The zero-order chi connectivity index (χ0) is 21.5. The van der Waals surface area contributed by atoms with E-state index in [1.165, 1.54) is 0 Å². The van der Waals surface area contributed by atoms with Crippen LogP contribution in [0, 0.1) is 40.5 Å². The molecule has 29 heavy (non-hydrogen) atoms. The number of nitro benzene ring substituents is 4. The summed E-state index contributed by atoms with van der Waals surface area (Å²) < 4.78 is 0. The summed E-state index contributed by atoms with van der Waals surface area (Å²) in [5.41, 5.74) is -0.669. The Morgan fingerprint density at radius 3 is 1.52 bits per heavy atom. The summed E-state index contributed by atoms with van der Waals surface area (Å²) in [6, 6.07) is 2.30. The lowest BCUT2D eigenvalue weighted by atomic mass is 10.0. The molecule has 150 valence electrons. The van der Waals surface area contributed by atoms with Crippen LogP contribution in [0.5, 0.6) is 0 Å². The van der Waals surface area contributed by atoms with Gasteiger partial charge in [-0.1, -0.05) is 0 Å². The van der Waals surface area contributed by atoms with Gasteiger partial charge in [-0.25, -0.2) is 0 Å². The predicted octanol–water partition coefficient (Wildman–Crippen LogP) is 2.93. The Hall–Kier alpha value is -4.04. The van der Waals surface area contributed by atoms with E-state index in [9.17, 15) is 40.5 Å². The van der Waals surface area contributed by atoms with Crippen LogP contribution in [0.1, 0.15) is 24.1 Å². The number of nitrogens with one attached hydrogen (secondary N) is 1. The van der Waals surface area contributed by atoms with E-state index in [1.807, 2.05) is 0 Å². The van der Waals surface area contributed by atoms with Crippen molar-refractivity contribution in [1.29, 1.82) is 0 Å².